The molecular weight excluding hydrogens is 316 g/mol. The summed E-state index contributed by atoms with van der Waals surface area (Å²) in [7, 11) is 3.57. The summed E-state index contributed by atoms with van der Waals surface area (Å²) in [6.45, 7) is 3.14. The topological polar surface area (TPSA) is 76.4 Å². The van der Waals surface area contributed by atoms with Crippen molar-refractivity contribution in [3.05, 3.63) is 41.4 Å². The van der Waals surface area contributed by atoms with Gasteiger partial charge in [0.15, 0.2) is 5.96 Å². The van der Waals surface area contributed by atoms with Crippen LogP contribution in [0.25, 0.3) is 0 Å². The highest BCUT2D eigenvalue weighted by Gasteiger charge is 2.07. The Morgan fingerprint density at radius 2 is 2.09 bits per heavy atom. The SMILES string of the molecule is CN=C(NCc1ncnn1C)NCC(C)Oc1ccc(Cl)cc1. The van der Waals surface area contributed by atoms with E-state index in [0.29, 0.717) is 24.1 Å². The largest absolute Gasteiger partial charge is 0.489 e. The summed E-state index contributed by atoms with van der Waals surface area (Å²) in [5.41, 5.74) is 0. The van der Waals surface area contributed by atoms with Gasteiger partial charge in [-0.15, -0.1) is 0 Å². The Morgan fingerprint density at radius 3 is 2.70 bits per heavy atom. The van der Waals surface area contributed by atoms with Gasteiger partial charge in [-0.3, -0.25) is 9.67 Å². The molecule has 2 rings (SSSR count). The number of hydrogen-bond donors (Lipinski definition) is 2. The van der Waals surface area contributed by atoms with E-state index in [9.17, 15) is 0 Å². The van der Waals surface area contributed by atoms with Crippen molar-refractivity contribution in [1.82, 2.24) is 25.4 Å². The van der Waals surface area contributed by atoms with Crippen molar-refractivity contribution < 1.29 is 4.74 Å². The Balaban J connectivity index is 1.76. The molecule has 0 fully saturated rings. The minimum atomic E-state index is -0.0236. The molecule has 1 atom stereocenters. The normalized spacial score (nSPS) is 12.8. The first kappa shape index (κ1) is 17.1. The van der Waals surface area contributed by atoms with Crippen LogP contribution in [0.2, 0.25) is 5.02 Å². The maximum atomic E-state index is 5.85. The number of aryl methyl sites for hydroxylation is 1. The number of halogens is 1. The molecule has 0 saturated carbocycles. The highest BCUT2D eigenvalue weighted by atomic mass is 35.5. The van der Waals surface area contributed by atoms with Crippen LogP contribution in [0.3, 0.4) is 0 Å². The number of rotatable bonds is 6. The van der Waals surface area contributed by atoms with Crippen molar-refractivity contribution >= 4 is 17.6 Å². The first-order chi connectivity index (χ1) is 11.1. The lowest BCUT2D eigenvalue weighted by Gasteiger charge is -2.17. The third-order valence-corrected chi connectivity index (χ3v) is 3.40. The molecule has 1 aromatic heterocycles. The predicted octanol–water partition coefficient (Wildman–Crippen LogP) is 1.60. The summed E-state index contributed by atoms with van der Waals surface area (Å²) >= 11 is 5.85. The van der Waals surface area contributed by atoms with Crippen LogP contribution in [0, 0.1) is 0 Å². The zero-order valence-corrected chi connectivity index (χ0v) is 14.2. The average molecular weight is 337 g/mol. The first-order valence-electron chi connectivity index (χ1n) is 7.28. The summed E-state index contributed by atoms with van der Waals surface area (Å²) in [4.78, 5) is 8.32. The van der Waals surface area contributed by atoms with Gasteiger partial charge in [0.2, 0.25) is 0 Å². The molecule has 0 spiro atoms. The highest BCUT2D eigenvalue weighted by Crippen LogP contribution is 2.16. The van der Waals surface area contributed by atoms with Gasteiger partial charge in [-0.25, -0.2) is 4.98 Å². The number of aromatic nitrogens is 3. The van der Waals surface area contributed by atoms with Crippen molar-refractivity contribution in [3.63, 3.8) is 0 Å². The minimum Gasteiger partial charge on any atom is -0.489 e. The van der Waals surface area contributed by atoms with Crippen LogP contribution in [0.1, 0.15) is 12.7 Å². The van der Waals surface area contributed by atoms with E-state index in [0.717, 1.165) is 11.6 Å². The molecule has 0 aliphatic carbocycles. The number of nitrogens with zero attached hydrogens (tertiary/aromatic N) is 4. The Bertz CT molecular complexity index is 640. The Morgan fingerprint density at radius 1 is 1.35 bits per heavy atom. The van der Waals surface area contributed by atoms with Gasteiger partial charge < -0.3 is 15.4 Å². The molecule has 124 valence electrons. The molecule has 1 heterocycles. The van der Waals surface area contributed by atoms with Crippen LogP contribution in [0.4, 0.5) is 0 Å². The maximum absolute atomic E-state index is 5.85. The van der Waals surface area contributed by atoms with Gasteiger partial charge in [0, 0.05) is 19.1 Å². The fourth-order valence-corrected chi connectivity index (χ4v) is 2.02. The van der Waals surface area contributed by atoms with E-state index >= 15 is 0 Å². The van der Waals surface area contributed by atoms with Crippen molar-refractivity contribution in [2.45, 2.75) is 19.6 Å². The molecular formula is C15H21ClN6O. The molecule has 8 heteroatoms. The Labute approximate surface area is 140 Å². The van der Waals surface area contributed by atoms with E-state index in [1.807, 2.05) is 26.1 Å². The molecule has 2 N–H and O–H groups in total. The van der Waals surface area contributed by atoms with E-state index < -0.39 is 0 Å². The minimum absolute atomic E-state index is 0.0236. The second-order valence-corrected chi connectivity index (χ2v) is 5.43. The van der Waals surface area contributed by atoms with Crippen molar-refractivity contribution in [3.8, 4) is 5.75 Å². The Hall–Kier alpha value is -2.28. The van der Waals surface area contributed by atoms with Gasteiger partial charge in [-0.05, 0) is 31.2 Å². The van der Waals surface area contributed by atoms with Crippen LogP contribution in [-0.4, -0.2) is 40.4 Å². The van der Waals surface area contributed by atoms with E-state index in [1.165, 1.54) is 6.33 Å². The van der Waals surface area contributed by atoms with Gasteiger partial charge in [-0.2, -0.15) is 5.10 Å². The van der Waals surface area contributed by atoms with E-state index in [2.05, 4.69) is 25.7 Å². The van der Waals surface area contributed by atoms with Gasteiger partial charge in [0.05, 0.1) is 13.1 Å². The summed E-state index contributed by atoms with van der Waals surface area (Å²) in [5.74, 6) is 2.30. The van der Waals surface area contributed by atoms with Crippen LogP contribution in [-0.2, 0) is 13.6 Å². The standard InChI is InChI=1S/C15H21ClN6O/c1-11(23-13-6-4-12(16)5-7-13)8-18-15(17-2)19-9-14-20-10-21-22(14)3/h4-7,10-11H,8-9H2,1-3H3,(H2,17,18,19). The summed E-state index contributed by atoms with van der Waals surface area (Å²) in [5, 5.41) is 11.1. The molecule has 0 bridgehead atoms. The lowest BCUT2D eigenvalue weighted by atomic mass is 10.3. The smallest absolute Gasteiger partial charge is 0.191 e. The second-order valence-electron chi connectivity index (χ2n) is 4.99. The quantitative estimate of drug-likeness (QED) is 0.619. The third-order valence-electron chi connectivity index (χ3n) is 3.15. The van der Waals surface area contributed by atoms with Crippen LogP contribution >= 0.6 is 11.6 Å². The molecule has 7 nitrogen and oxygen atoms in total. The lowest BCUT2D eigenvalue weighted by molar-refractivity contribution is 0.224. The van der Waals surface area contributed by atoms with Gasteiger partial charge in [-0.1, -0.05) is 11.6 Å². The van der Waals surface area contributed by atoms with Crippen LogP contribution in [0.15, 0.2) is 35.6 Å². The molecule has 23 heavy (non-hydrogen) atoms. The van der Waals surface area contributed by atoms with Gasteiger partial charge >= 0.3 is 0 Å². The molecule has 1 aromatic carbocycles. The van der Waals surface area contributed by atoms with Gasteiger partial charge in [0.25, 0.3) is 0 Å². The highest BCUT2D eigenvalue weighted by molar-refractivity contribution is 6.30. The number of guanidine groups is 1. The predicted molar refractivity (Wildman–Crippen MR) is 90.7 cm³/mol. The third kappa shape index (κ3) is 5.45. The lowest BCUT2D eigenvalue weighted by Crippen LogP contribution is -2.41. The van der Waals surface area contributed by atoms with Crippen LogP contribution < -0.4 is 15.4 Å². The van der Waals surface area contributed by atoms with E-state index in [-0.39, 0.29) is 6.10 Å². The molecule has 2 aromatic rings. The summed E-state index contributed by atoms with van der Waals surface area (Å²) in [6, 6.07) is 7.30. The maximum Gasteiger partial charge on any atom is 0.191 e. The second kappa shape index (κ2) is 8.38. The van der Waals surface area contributed by atoms with Crippen molar-refractivity contribution in [2.24, 2.45) is 12.0 Å². The van der Waals surface area contributed by atoms with Crippen LogP contribution in [0.5, 0.6) is 5.75 Å². The number of ether oxygens (including phenoxy) is 1. The molecule has 1 unspecified atom stereocenters. The average Bonchev–Trinajstić information content (AvgIpc) is 2.95. The monoisotopic (exact) mass is 336 g/mol. The first-order valence-corrected chi connectivity index (χ1v) is 7.66. The molecule has 0 saturated heterocycles. The number of benzene rings is 1. The van der Waals surface area contributed by atoms with Crippen molar-refractivity contribution in [2.75, 3.05) is 13.6 Å². The number of hydrogen-bond acceptors (Lipinski definition) is 4. The summed E-state index contributed by atoms with van der Waals surface area (Å²) in [6.07, 6.45) is 1.50. The zero-order chi connectivity index (χ0) is 16.7. The number of nitrogens with one attached hydrogen (secondary N) is 2. The molecule has 0 amide bonds. The van der Waals surface area contributed by atoms with E-state index in [1.54, 1.807) is 23.9 Å². The molecule has 0 radical (unpaired) electrons. The Kier molecular flexibility index (Phi) is 6.22. The van der Waals surface area contributed by atoms with Gasteiger partial charge in [0.1, 0.15) is 24.0 Å². The van der Waals surface area contributed by atoms with Crippen molar-refractivity contribution in [1.29, 1.82) is 0 Å². The fourth-order valence-electron chi connectivity index (χ4n) is 1.89. The molecule has 0 aliphatic rings. The fraction of sp³-hybridized carbons (Fsp3) is 0.400. The molecule has 0 aliphatic heterocycles. The zero-order valence-electron chi connectivity index (χ0n) is 13.5. The number of aliphatic imine (C=N–C) groups is 1. The summed E-state index contributed by atoms with van der Waals surface area (Å²) < 4.78 is 7.52. The van der Waals surface area contributed by atoms with E-state index in [4.69, 9.17) is 16.3 Å².